The average Bonchev–Trinajstić information content (AvgIpc) is 2.93. The normalized spacial score (nSPS) is 13.6. The Hall–Kier alpha value is -2.14. The molecule has 1 aliphatic rings. The standard InChI is InChI=1S/C18H23N3O2/c1-2-11-21-17-10-12-23-13-15(17)16(20-21)8-9-18(22)19-14-6-4-3-5-7-14/h3-7H,2,8-13H2,1H3,(H,19,22). The van der Waals surface area contributed by atoms with Crippen molar-refractivity contribution in [3.63, 3.8) is 0 Å². The van der Waals surface area contributed by atoms with Gasteiger partial charge in [-0.1, -0.05) is 25.1 Å². The monoisotopic (exact) mass is 313 g/mol. The lowest BCUT2D eigenvalue weighted by atomic mass is 10.1. The number of ether oxygens (including phenoxy) is 1. The molecule has 3 rings (SSSR count). The van der Waals surface area contributed by atoms with E-state index in [1.54, 1.807) is 0 Å². The Bertz CT molecular complexity index is 664. The molecule has 0 saturated heterocycles. The molecule has 0 bridgehead atoms. The number of benzene rings is 1. The van der Waals surface area contributed by atoms with Crippen molar-refractivity contribution in [1.29, 1.82) is 0 Å². The summed E-state index contributed by atoms with van der Waals surface area (Å²) in [6.07, 6.45) is 3.06. The van der Waals surface area contributed by atoms with Gasteiger partial charge in [-0.05, 0) is 18.6 Å². The number of aryl methyl sites for hydroxylation is 2. The molecule has 1 aromatic heterocycles. The first-order valence-electron chi connectivity index (χ1n) is 8.28. The van der Waals surface area contributed by atoms with Crippen molar-refractivity contribution in [1.82, 2.24) is 9.78 Å². The minimum Gasteiger partial charge on any atom is -0.376 e. The summed E-state index contributed by atoms with van der Waals surface area (Å²) in [6.45, 7) is 4.46. The molecule has 122 valence electrons. The van der Waals surface area contributed by atoms with Crippen LogP contribution in [0.15, 0.2) is 30.3 Å². The van der Waals surface area contributed by atoms with Crippen molar-refractivity contribution < 1.29 is 9.53 Å². The van der Waals surface area contributed by atoms with E-state index in [4.69, 9.17) is 9.84 Å². The molecule has 0 radical (unpaired) electrons. The van der Waals surface area contributed by atoms with Gasteiger partial charge in [0.05, 0.1) is 18.9 Å². The summed E-state index contributed by atoms with van der Waals surface area (Å²) < 4.78 is 7.68. The van der Waals surface area contributed by atoms with E-state index < -0.39 is 0 Å². The third kappa shape index (κ3) is 3.79. The first-order valence-corrected chi connectivity index (χ1v) is 8.28. The van der Waals surface area contributed by atoms with Crippen LogP contribution in [0.5, 0.6) is 0 Å². The summed E-state index contributed by atoms with van der Waals surface area (Å²) in [5.74, 6) is 0.0201. The van der Waals surface area contributed by atoms with E-state index >= 15 is 0 Å². The molecule has 1 amide bonds. The molecule has 0 atom stereocenters. The van der Waals surface area contributed by atoms with Crippen molar-refractivity contribution in [3.8, 4) is 0 Å². The van der Waals surface area contributed by atoms with E-state index in [2.05, 4.69) is 16.9 Å². The van der Waals surface area contributed by atoms with Gasteiger partial charge in [0.15, 0.2) is 0 Å². The van der Waals surface area contributed by atoms with Gasteiger partial charge in [-0.3, -0.25) is 9.48 Å². The van der Waals surface area contributed by atoms with Gasteiger partial charge < -0.3 is 10.1 Å². The van der Waals surface area contributed by atoms with Crippen LogP contribution in [0.25, 0.3) is 0 Å². The maximum absolute atomic E-state index is 12.1. The Morgan fingerprint density at radius 2 is 2.17 bits per heavy atom. The highest BCUT2D eigenvalue weighted by Crippen LogP contribution is 2.22. The Morgan fingerprint density at radius 1 is 1.35 bits per heavy atom. The first kappa shape index (κ1) is 15.7. The van der Waals surface area contributed by atoms with Crippen LogP contribution in [-0.4, -0.2) is 22.3 Å². The molecule has 1 aromatic carbocycles. The number of aromatic nitrogens is 2. The maximum atomic E-state index is 12.1. The van der Waals surface area contributed by atoms with E-state index in [9.17, 15) is 4.79 Å². The number of amides is 1. The van der Waals surface area contributed by atoms with Gasteiger partial charge in [-0.2, -0.15) is 5.10 Å². The lowest BCUT2D eigenvalue weighted by Gasteiger charge is -2.14. The SMILES string of the molecule is CCCn1nc(CCC(=O)Nc2ccccc2)c2c1CCOC2. The van der Waals surface area contributed by atoms with Crippen LogP contribution in [0.2, 0.25) is 0 Å². The number of anilines is 1. The Kier molecular flexibility index (Phi) is 5.08. The quantitative estimate of drug-likeness (QED) is 0.892. The predicted molar refractivity (Wildman–Crippen MR) is 89.3 cm³/mol. The van der Waals surface area contributed by atoms with Gasteiger partial charge >= 0.3 is 0 Å². The molecule has 0 spiro atoms. The molecular weight excluding hydrogens is 290 g/mol. The smallest absolute Gasteiger partial charge is 0.224 e. The highest BCUT2D eigenvalue weighted by molar-refractivity contribution is 5.90. The largest absolute Gasteiger partial charge is 0.376 e. The van der Waals surface area contributed by atoms with Crippen molar-refractivity contribution in [2.45, 2.75) is 45.8 Å². The van der Waals surface area contributed by atoms with E-state index in [0.29, 0.717) is 19.4 Å². The second kappa shape index (κ2) is 7.42. The molecule has 5 nitrogen and oxygen atoms in total. The van der Waals surface area contributed by atoms with Crippen molar-refractivity contribution in [2.75, 3.05) is 11.9 Å². The highest BCUT2D eigenvalue weighted by Gasteiger charge is 2.21. The van der Waals surface area contributed by atoms with Crippen LogP contribution < -0.4 is 5.32 Å². The zero-order valence-corrected chi connectivity index (χ0v) is 13.5. The summed E-state index contributed by atoms with van der Waals surface area (Å²) in [5, 5.41) is 7.64. The lowest BCUT2D eigenvalue weighted by Crippen LogP contribution is -2.14. The number of carbonyl (C=O) groups excluding carboxylic acids is 1. The fraction of sp³-hybridized carbons (Fsp3) is 0.444. The average molecular weight is 313 g/mol. The van der Waals surface area contributed by atoms with E-state index in [-0.39, 0.29) is 5.91 Å². The van der Waals surface area contributed by atoms with Crippen molar-refractivity contribution in [2.24, 2.45) is 0 Å². The molecule has 5 heteroatoms. The summed E-state index contributed by atoms with van der Waals surface area (Å²) in [4.78, 5) is 12.1. The van der Waals surface area contributed by atoms with Crippen LogP contribution in [0.4, 0.5) is 5.69 Å². The molecule has 0 unspecified atom stereocenters. The Balaban J connectivity index is 1.65. The summed E-state index contributed by atoms with van der Waals surface area (Å²) in [5.41, 5.74) is 4.32. The van der Waals surface area contributed by atoms with Gasteiger partial charge in [0.2, 0.25) is 5.91 Å². The zero-order valence-electron chi connectivity index (χ0n) is 13.5. The predicted octanol–water partition coefficient (Wildman–Crippen LogP) is 2.94. The second-order valence-corrected chi connectivity index (χ2v) is 5.81. The number of nitrogens with one attached hydrogen (secondary N) is 1. The third-order valence-corrected chi connectivity index (χ3v) is 4.06. The lowest BCUT2D eigenvalue weighted by molar-refractivity contribution is -0.116. The molecule has 0 saturated carbocycles. The van der Waals surface area contributed by atoms with E-state index in [0.717, 1.165) is 37.4 Å². The molecule has 0 fully saturated rings. The molecule has 0 aliphatic carbocycles. The summed E-state index contributed by atoms with van der Waals surface area (Å²) >= 11 is 0. The van der Waals surface area contributed by atoms with Gasteiger partial charge in [0.1, 0.15) is 0 Å². The molecule has 2 aromatic rings. The number of carbonyl (C=O) groups is 1. The number of hydrogen-bond donors (Lipinski definition) is 1. The number of nitrogens with zero attached hydrogens (tertiary/aromatic N) is 2. The van der Waals surface area contributed by atoms with Crippen LogP contribution in [0.1, 0.15) is 36.7 Å². The van der Waals surface area contributed by atoms with Crippen LogP contribution >= 0.6 is 0 Å². The minimum atomic E-state index is 0.0201. The third-order valence-electron chi connectivity index (χ3n) is 4.06. The summed E-state index contributed by atoms with van der Waals surface area (Å²) in [7, 11) is 0. The molecule has 1 aliphatic heterocycles. The molecular formula is C18H23N3O2. The van der Waals surface area contributed by atoms with Gasteiger partial charge in [0, 0.05) is 42.8 Å². The van der Waals surface area contributed by atoms with Crippen LogP contribution in [-0.2, 0) is 35.5 Å². The van der Waals surface area contributed by atoms with Gasteiger partial charge in [-0.25, -0.2) is 0 Å². The number of para-hydroxylation sites is 1. The number of rotatable bonds is 6. The fourth-order valence-corrected chi connectivity index (χ4v) is 2.95. The van der Waals surface area contributed by atoms with Crippen LogP contribution in [0, 0.1) is 0 Å². The van der Waals surface area contributed by atoms with E-state index in [1.165, 1.54) is 11.3 Å². The zero-order chi connectivity index (χ0) is 16.1. The van der Waals surface area contributed by atoms with Gasteiger partial charge in [0.25, 0.3) is 0 Å². The Morgan fingerprint density at radius 3 is 2.96 bits per heavy atom. The number of hydrogen-bond acceptors (Lipinski definition) is 3. The first-order chi connectivity index (χ1) is 11.3. The number of fused-ring (bicyclic) bond motifs is 1. The molecule has 23 heavy (non-hydrogen) atoms. The topological polar surface area (TPSA) is 56.2 Å². The van der Waals surface area contributed by atoms with Crippen LogP contribution in [0.3, 0.4) is 0 Å². The highest BCUT2D eigenvalue weighted by atomic mass is 16.5. The fourth-order valence-electron chi connectivity index (χ4n) is 2.95. The molecule has 2 heterocycles. The van der Waals surface area contributed by atoms with Gasteiger partial charge in [-0.15, -0.1) is 0 Å². The second-order valence-electron chi connectivity index (χ2n) is 5.81. The van der Waals surface area contributed by atoms with Crippen molar-refractivity contribution in [3.05, 3.63) is 47.3 Å². The van der Waals surface area contributed by atoms with Crippen molar-refractivity contribution >= 4 is 11.6 Å². The Labute approximate surface area is 136 Å². The molecule has 1 N–H and O–H groups in total. The minimum absolute atomic E-state index is 0.0201. The summed E-state index contributed by atoms with van der Waals surface area (Å²) in [6, 6.07) is 9.54. The maximum Gasteiger partial charge on any atom is 0.224 e. The van der Waals surface area contributed by atoms with E-state index in [1.807, 2.05) is 30.3 Å².